The first kappa shape index (κ1) is 16.4. The van der Waals surface area contributed by atoms with E-state index >= 15 is 0 Å². The first-order valence-corrected chi connectivity index (χ1v) is 8.00. The van der Waals surface area contributed by atoms with Crippen molar-refractivity contribution in [3.05, 3.63) is 71.9 Å². The van der Waals surface area contributed by atoms with Crippen molar-refractivity contribution < 1.29 is 4.79 Å². The first-order valence-electron chi connectivity index (χ1n) is 8.00. The second-order valence-corrected chi connectivity index (χ2v) is 5.50. The molecule has 0 aliphatic rings. The summed E-state index contributed by atoms with van der Waals surface area (Å²) in [6.07, 6.45) is 4.39. The number of nitrogens with one attached hydrogen (secondary N) is 1. The predicted octanol–water partition coefficient (Wildman–Crippen LogP) is 3.10. The van der Waals surface area contributed by atoms with Crippen LogP contribution in [-0.4, -0.2) is 22.0 Å². The second kappa shape index (κ2) is 7.44. The number of aryl methyl sites for hydroxylation is 1. The summed E-state index contributed by atoms with van der Waals surface area (Å²) in [5.41, 5.74) is 12.0. The van der Waals surface area contributed by atoms with E-state index in [0.717, 1.165) is 28.9 Å². The fourth-order valence-electron chi connectivity index (χ4n) is 2.48. The lowest BCUT2D eigenvalue weighted by Crippen LogP contribution is -2.24. The molecular formula is C19H19N5O. The number of hydrazone groups is 1. The SMILES string of the molecule is CCc1ccc(-c2nn(-c3ccccc3)cc2/C=N/NC(N)=O)cc1. The van der Waals surface area contributed by atoms with Crippen molar-refractivity contribution in [2.75, 3.05) is 0 Å². The minimum absolute atomic E-state index is 0.708. The molecule has 1 aromatic heterocycles. The molecule has 0 radical (unpaired) electrons. The Kier molecular flexibility index (Phi) is 4.89. The molecule has 0 aliphatic carbocycles. The molecule has 0 atom stereocenters. The number of para-hydroxylation sites is 1. The third kappa shape index (κ3) is 3.92. The zero-order valence-corrected chi connectivity index (χ0v) is 13.9. The summed E-state index contributed by atoms with van der Waals surface area (Å²) in [6, 6.07) is 17.3. The van der Waals surface area contributed by atoms with Crippen molar-refractivity contribution in [1.29, 1.82) is 0 Å². The van der Waals surface area contributed by atoms with E-state index < -0.39 is 6.03 Å². The van der Waals surface area contributed by atoms with Crippen molar-refractivity contribution in [2.45, 2.75) is 13.3 Å². The number of rotatable bonds is 5. The Morgan fingerprint density at radius 2 is 1.92 bits per heavy atom. The predicted molar refractivity (Wildman–Crippen MR) is 98.7 cm³/mol. The van der Waals surface area contributed by atoms with Gasteiger partial charge in [0.1, 0.15) is 5.69 Å². The number of benzene rings is 2. The zero-order chi connectivity index (χ0) is 17.6. The van der Waals surface area contributed by atoms with Crippen LogP contribution in [0.1, 0.15) is 18.1 Å². The lowest BCUT2D eigenvalue weighted by molar-refractivity contribution is 0.249. The monoisotopic (exact) mass is 333 g/mol. The fourth-order valence-corrected chi connectivity index (χ4v) is 2.48. The third-order valence-electron chi connectivity index (χ3n) is 3.78. The normalized spacial score (nSPS) is 10.9. The number of nitrogens with two attached hydrogens (primary N) is 1. The third-order valence-corrected chi connectivity index (χ3v) is 3.78. The quantitative estimate of drug-likeness (QED) is 0.555. The molecule has 6 heteroatoms. The molecule has 3 rings (SSSR count). The van der Waals surface area contributed by atoms with E-state index in [1.807, 2.05) is 48.7 Å². The number of urea groups is 1. The first-order chi connectivity index (χ1) is 12.2. The van der Waals surface area contributed by atoms with Crippen molar-refractivity contribution in [3.63, 3.8) is 0 Å². The van der Waals surface area contributed by atoms with Gasteiger partial charge in [-0.05, 0) is 24.1 Å². The topological polar surface area (TPSA) is 85.3 Å². The van der Waals surface area contributed by atoms with E-state index in [-0.39, 0.29) is 0 Å². The second-order valence-electron chi connectivity index (χ2n) is 5.50. The maximum Gasteiger partial charge on any atom is 0.332 e. The van der Waals surface area contributed by atoms with Gasteiger partial charge in [0.2, 0.25) is 0 Å². The number of carbonyl (C=O) groups excluding carboxylic acids is 1. The lowest BCUT2D eigenvalue weighted by atomic mass is 10.1. The Hall–Kier alpha value is -3.41. The lowest BCUT2D eigenvalue weighted by Gasteiger charge is -2.02. The zero-order valence-electron chi connectivity index (χ0n) is 13.9. The van der Waals surface area contributed by atoms with Gasteiger partial charge in [-0.3, -0.25) is 0 Å². The van der Waals surface area contributed by atoms with Gasteiger partial charge in [-0.2, -0.15) is 10.2 Å². The van der Waals surface area contributed by atoms with Gasteiger partial charge >= 0.3 is 6.03 Å². The Morgan fingerprint density at radius 3 is 2.56 bits per heavy atom. The summed E-state index contributed by atoms with van der Waals surface area (Å²) in [4.78, 5) is 10.8. The number of hydrogen-bond donors (Lipinski definition) is 2. The van der Waals surface area contributed by atoms with Crippen LogP contribution < -0.4 is 11.2 Å². The van der Waals surface area contributed by atoms with Gasteiger partial charge in [0.15, 0.2) is 0 Å². The molecule has 0 unspecified atom stereocenters. The number of amides is 2. The molecule has 25 heavy (non-hydrogen) atoms. The van der Waals surface area contributed by atoms with E-state index in [0.29, 0.717) is 0 Å². The number of hydrogen-bond acceptors (Lipinski definition) is 3. The van der Waals surface area contributed by atoms with Crippen LogP contribution in [0.15, 0.2) is 65.9 Å². The minimum atomic E-state index is -0.708. The van der Waals surface area contributed by atoms with E-state index in [1.54, 1.807) is 10.9 Å². The molecule has 0 saturated carbocycles. The number of primary amides is 1. The summed E-state index contributed by atoms with van der Waals surface area (Å²) in [5, 5.41) is 8.55. The molecule has 0 saturated heterocycles. The summed E-state index contributed by atoms with van der Waals surface area (Å²) in [6.45, 7) is 2.12. The van der Waals surface area contributed by atoms with Gasteiger partial charge in [-0.15, -0.1) is 0 Å². The Labute approximate surface area is 146 Å². The van der Waals surface area contributed by atoms with E-state index in [4.69, 9.17) is 5.73 Å². The van der Waals surface area contributed by atoms with E-state index in [9.17, 15) is 4.79 Å². The number of aromatic nitrogens is 2. The molecular weight excluding hydrogens is 314 g/mol. The van der Waals surface area contributed by atoms with E-state index in [2.05, 4.69) is 34.7 Å². The van der Waals surface area contributed by atoms with Crippen molar-refractivity contribution in [3.8, 4) is 16.9 Å². The highest BCUT2D eigenvalue weighted by Gasteiger charge is 2.11. The standard InChI is InChI=1S/C19H19N5O/c1-2-14-8-10-15(11-9-14)18-16(12-21-22-19(20)25)13-24(23-18)17-6-4-3-5-7-17/h3-13H,2H2,1H3,(H3,20,22,25)/b21-12+. The van der Waals surface area contributed by atoms with Crippen LogP contribution >= 0.6 is 0 Å². The molecule has 0 bridgehead atoms. The maximum atomic E-state index is 10.8. The van der Waals surface area contributed by atoms with Crippen molar-refractivity contribution in [2.24, 2.45) is 10.8 Å². The summed E-state index contributed by atoms with van der Waals surface area (Å²) in [7, 11) is 0. The molecule has 2 aromatic carbocycles. The highest BCUT2D eigenvalue weighted by molar-refractivity contribution is 5.89. The highest BCUT2D eigenvalue weighted by Crippen LogP contribution is 2.23. The molecule has 3 N–H and O–H groups in total. The largest absolute Gasteiger partial charge is 0.350 e. The summed E-state index contributed by atoms with van der Waals surface area (Å²) in [5.74, 6) is 0. The molecule has 3 aromatic rings. The van der Waals surface area contributed by atoms with Gasteiger partial charge in [-0.1, -0.05) is 49.4 Å². The number of carbonyl (C=O) groups is 1. The van der Waals surface area contributed by atoms with Crippen LogP contribution in [-0.2, 0) is 6.42 Å². The number of nitrogens with zero attached hydrogens (tertiary/aromatic N) is 3. The van der Waals surface area contributed by atoms with Gasteiger partial charge in [0, 0.05) is 17.3 Å². The van der Waals surface area contributed by atoms with Crippen molar-refractivity contribution >= 4 is 12.2 Å². The minimum Gasteiger partial charge on any atom is -0.350 e. The molecule has 1 heterocycles. The molecule has 126 valence electrons. The average molecular weight is 333 g/mol. The Balaban J connectivity index is 2.02. The Morgan fingerprint density at radius 1 is 1.20 bits per heavy atom. The van der Waals surface area contributed by atoms with Crippen LogP contribution in [0.25, 0.3) is 16.9 Å². The van der Waals surface area contributed by atoms with Crippen LogP contribution in [0.4, 0.5) is 4.79 Å². The van der Waals surface area contributed by atoms with Crippen LogP contribution in [0.5, 0.6) is 0 Å². The van der Waals surface area contributed by atoms with Gasteiger partial charge in [-0.25, -0.2) is 14.9 Å². The smallest absolute Gasteiger partial charge is 0.332 e. The van der Waals surface area contributed by atoms with Crippen LogP contribution in [0.2, 0.25) is 0 Å². The van der Waals surface area contributed by atoms with Gasteiger partial charge in [0.25, 0.3) is 0 Å². The highest BCUT2D eigenvalue weighted by atomic mass is 16.2. The molecule has 0 spiro atoms. The fraction of sp³-hybridized carbons (Fsp3) is 0.105. The average Bonchev–Trinajstić information content (AvgIpc) is 3.06. The summed E-state index contributed by atoms with van der Waals surface area (Å²) < 4.78 is 1.79. The van der Waals surface area contributed by atoms with Gasteiger partial charge < -0.3 is 5.73 Å². The molecule has 0 aliphatic heterocycles. The summed E-state index contributed by atoms with van der Waals surface area (Å²) >= 11 is 0. The molecule has 6 nitrogen and oxygen atoms in total. The van der Waals surface area contributed by atoms with Crippen LogP contribution in [0.3, 0.4) is 0 Å². The van der Waals surface area contributed by atoms with Crippen LogP contribution in [0, 0.1) is 0 Å². The molecule has 2 amide bonds. The van der Waals surface area contributed by atoms with Gasteiger partial charge in [0.05, 0.1) is 11.9 Å². The van der Waals surface area contributed by atoms with E-state index in [1.165, 1.54) is 5.56 Å². The maximum absolute atomic E-state index is 10.8. The van der Waals surface area contributed by atoms with Crippen molar-refractivity contribution in [1.82, 2.24) is 15.2 Å². The molecule has 0 fully saturated rings. The Bertz CT molecular complexity index is 882.